The van der Waals surface area contributed by atoms with E-state index >= 15 is 0 Å². The fourth-order valence-corrected chi connectivity index (χ4v) is 5.38. The Morgan fingerprint density at radius 1 is 1.19 bits per heavy atom. The number of guanidine groups is 1. The molecule has 4 rings (SSSR count). The minimum absolute atomic E-state index is 0. The zero-order chi connectivity index (χ0) is 21.5. The van der Waals surface area contributed by atoms with Crippen molar-refractivity contribution in [2.24, 2.45) is 10.9 Å². The van der Waals surface area contributed by atoms with Crippen LogP contribution >= 0.6 is 35.3 Å². The Balaban J connectivity index is 0.00000289. The van der Waals surface area contributed by atoms with Crippen molar-refractivity contribution >= 4 is 47.1 Å². The van der Waals surface area contributed by atoms with Crippen LogP contribution in [0.4, 0.5) is 5.82 Å². The van der Waals surface area contributed by atoms with Crippen molar-refractivity contribution in [3.63, 3.8) is 0 Å². The summed E-state index contributed by atoms with van der Waals surface area (Å²) in [7, 11) is 1.85. The lowest BCUT2D eigenvalue weighted by Gasteiger charge is -2.36. The number of aromatic nitrogens is 1. The summed E-state index contributed by atoms with van der Waals surface area (Å²) in [4.78, 5) is 15.5. The highest BCUT2D eigenvalue weighted by Gasteiger charge is 2.25. The number of rotatable bonds is 7. The molecular weight excluding hydrogens is 531 g/mol. The fraction of sp³-hybridized carbons (Fsp3) is 0.583. The molecule has 0 aliphatic carbocycles. The lowest BCUT2D eigenvalue weighted by Crippen LogP contribution is -2.44. The molecule has 2 aromatic heterocycles. The van der Waals surface area contributed by atoms with Gasteiger partial charge in [0.15, 0.2) is 5.96 Å². The van der Waals surface area contributed by atoms with Crippen molar-refractivity contribution < 1.29 is 0 Å². The summed E-state index contributed by atoms with van der Waals surface area (Å²) in [5.41, 5.74) is 1.24. The van der Waals surface area contributed by atoms with Crippen LogP contribution < -0.4 is 15.5 Å². The number of aliphatic imine (C=N–C) groups is 1. The Hall–Kier alpha value is -1.39. The minimum Gasteiger partial charge on any atom is -0.357 e. The standard InChI is InChI=1S/C24H36N6S.HI/c1-19-8-13-29(14-9-19)21(22-6-5-15-31-22)18-28-24(25-2)27-17-20-7-10-26-23(16-20)30-11-3-4-12-30;/h5-7,10,15-16,19,21H,3-4,8-9,11-14,17-18H2,1-2H3,(H2,25,27,28);1H. The number of piperidine rings is 1. The van der Waals surface area contributed by atoms with Crippen molar-refractivity contribution in [1.29, 1.82) is 0 Å². The summed E-state index contributed by atoms with van der Waals surface area (Å²) in [6.07, 6.45) is 7.03. The molecule has 2 aromatic rings. The number of nitrogens with one attached hydrogen (secondary N) is 2. The first-order valence-electron chi connectivity index (χ1n) is 11.6. The number of likely N-dealkylation sites (tertiary alicyclic amines) is 1. The van der Waals surface area contributed by atoms with Crippen LogP contribution in [0.2, 0.25) is 0 Å². The summed E-state index contributed by atoms with van der Waals surface area (Å²) in [6.45, 7) is 8.56. The van der Waals surface area contributed by atoms with Crippen LogP contribution in [0.1, 0.15) is 49.1 Å². The van der Waals surface area contributed by atoms with Crippen molar-refractivity contribution in [1.82, 2.24) is 20.5 Å². The van der Waals surface area contributed by atoms with Gasteiger partial charge >= 0.3 is 0 Å². The molecule has 32 heavy (non-hydrogen) atoms. The van der Waals surface area contributed by atoms with E-state index in [1.807, 2.05) is 24.6 Å². The number of anilines is 1. The Bertz CT molecular complexity index is 829. The van der Waals surface area contributed by atoms with Gasteiger partial charge < -0.3 is 15.5 Å². The molecule has 0 radical (unpaired) electrons. The molecule has 2 aliphatic rings. The SMILES string of the molecule is CN=C(NCc1ccnc(N2CCCC2)c1)NCC(c1cccs1)N1CCC(C)CC1.I. The maximum Gasteiger partial charge on any atom is 0.191 e. The van der Waals surface area contributed by atoms with E-state index in [1.165, 1.54) is 49.2 Å². The van der Waals surface area contributed by atoms with Crippen LogP contribution in [-0.4, -0.2) is 55.6 Å². The van der Waals surface area contributed by atoms with Gasteiger partial charge in [-0.3, -0.25) is 9.89 Å². The number of hydrogen-bond acceptors (Lipinski definition) is 5. The van der Waals surface area contributed by atoms with Gasteiger partial charge in [0.2, 0.25) is 0 Å². The highest BCUT2D eigenvalue weighted by molar-refractivity contribution is 14.0. The molecule has 0 amide bonds. The second-order valence-electron chi connectivity index (χ2n) is 8.77. The molecule has 2 saturated heterocycles. The topological polar surface area (TPSA) is 55.8 Å². The second-order valence-corrected chi connectivity index (χ2v) is 9.75. The fourth-order valence-electron chi connectivity index (χ4n) is 4.52. The van der Waals surface area contributed by atoms with Crippen molar-refractivity contribution in [2.75, 3.05) is 44.7 Å². The van der Waals surface area contributed by atoms with Gasteiger partial charge in [-0.25, -0.2) is 4.98 Å². The molecule has 1 atom stereocenters. The summed E-state index contributed by atoms with van der Waals surface area (Å²) in [5.74, 6) is 2.79. The van der Waals surface area contributed by atoms with Gasteiger partial charge in [0, 0.05) is 44.3 Å². The molecule has 0 aromatic carbocycles. The van der Waals surface area contributed by atoms with E-state index in [0.717, 1.165) is 43.9 Å². The average molecular weight is 569 g/mol. The van der Waals surface area contributed by atoms with Crippen molar-refractivity contribution in [3.05, 3.63) is 46.3 Å². The summed E-state index contributed by atoms with van der Waals surface area (Å²) in [6, 6.07) is 9.11. The number of halogens is 1. The van der Waals surface area contributed by atoms with Gasteiger partial charge in [0.05, 0.1) is 6.04 Å². The molecule has 8 heteroatoms. The van der Waals surface area contributed by atoms with E-state index in [9.17, 15) is 0 Å². The number of nitrogens with zero attached hydrogens (tertiary/aromatic N) is 4. The first-order chi connectivity index (χ1) is 15.2. The molecule has 0 spiro atoms. The summed E-state index contributed by atoms with van der Waals surface area (Å²) < 4.78 is 0. The van der Waals surface area contributed by atoms with Crippen LogP contribution in [0, 0.1) is 5.92 Å². The smallest absolute Gasteiger partial charge is 0.191 e. The maximum atomic E-state index is 4.56. The van der Waals surface area contributed by atoms with Crippen molar-refractivity contribution in [3.8, 4) is 0 Å². The summed E-state index contributed by atoms with van der Waals surface area (Å²) in [5, 5.41) is 9.26. The average Bonchev–Trinajstić information content (AvgIpc) is 3.52. The normalized spacial score (nSPS) is 18.9. The van der Waals surface area contributed by atoms with E-state index in [1.54, 1.807) is 0 Å². The van der Waals surface area contributed by atoms with Gasteiger partial charge in [0.1, 0.15) is 5.82 Å². The van der Waals surface area contributed by atoms with E-state index in [0.29, 0.717) is 6.04 Å². The predicted octanol–water partition coefficient (Wildman–Crippen LogP) is 4.50. The number of pyridine rings is 1. The number of hydrogen-bond donors (Lipinski definition) is 2. The first-order valence-corrected chi connectivity index (χ1v) is 12.5. The molecule has 176 valence electrons. The lowest BCUT2D eigenvalue weighted by molar-refractivity contribution is 0.140. The highest BCUT2D eigenvalue weighted by Crippen LogP contribution is 2.29. The van der Waals surface area contributed by atoms with E-state index in [2.05, 4.69) is 67.0 Å². The lowest BCUT2D eigenvalue weighted by atomic mass is 9.97. The van der Waals surface area contributed by atoms with E-state index in [4.69, 9.17) is 0 Å². The molecule has 6 nitrogen and oxygen atoms in total. The third kappa shape index (κ3) is 6.81. The molecule has 2 fully saturated rings. The van der Waals surface area contributed by atoms with E-state index in [-0.39, 0.29) is 24.0 Å². The molecular formula is C24H37IN6S. The van der Waals surface area contributed by atoms with Gasteiger partial charge in [0.25, 0.3) is 0 Å². The Kier molecular flexibility index (Phi) is 10.1. The highest BCUT2D eigenvalue weighted by atomic mass is 127. The molecule has 0 bridgehead atoms. The molecule has 2 aliphatic heterocycles. The maximum absolute atomic E-state index is 4.56. The second kappa shape index (κ2) is 12.7. The first kappa shape index (κ1) is 25.2. The molecule has 2 N–H and O–H groups in total. The van der Waals surface area contributed by atoms with E-state index < -0.39 is 0 Å². The Labute approximate surface area is 213 Å². The number of thiophene rings is 1. The largest absolute Gasteiger partial charge is 0.357 e. The molecule has 1 unspecified atom stereocenters. The Morgan fingerprint density at radius 3 is 2.66 bits per heavy atom. The minimum atomic E-state index is 0. The Morgan fingerprint density at radius 2 is 1.97 bits per heavy atom. The molecule has 4 heterocycles. The van der Waals surface area contributed by atoms with Gasteiger partial charge in [-0.2, -0.15) is 0 Å². The molecule has 0 saturated carbocycles. The summed E-state index contributed by atoms with van der Waals surface area (Å²) >= 11 is 1.86. The van der Waals surface area contributed by atoms with Gasteiger partial charge in [-0.05, 0) is 73.8 Å². The quantitative estimate of drug-likeness (QED) is 0.293. The third-order valence-electron chi connectivity index (χ3n) is 6.52. The third-order valence-corrected chi connectivity index (χ3v) is 7.49. The zero-order valence-corrected chi connectivity index (χ0v) is 22.4. The van der Waals surface area contributed by atoms with Gasteiger partial charge in [-0.15, -0.1) is 35.3 Å². The van der Waals surface area contributed by atoms with Crippen LogP contribution in [0.25, 0.3) is 0 Å². The zero-order valence-electron chi connectivity index (χ0n) is 19.3. The van der Waals surface area contributed by atoms with Crippen LogP contribution in [0.15, 0.2) is 40.8 Å². The van der Waals surface area contributed by atoms with Crippen LogP contribution in [0.5, 0.6) is 0 Å². The van der Waals surface area contributed by atoms with Crippen LogP contribution in [0.3, 0.4) is 0 Å². The predicted molar refractivity (Wildman–Crippen MR) is 146 cm³/mol. The van der Waals surface area contributed by atoms with Crippen molar-refractivity contribution in [2.45, 2.75) is 45.2 Å². The van der Waals surface area contributed by atoms with Gasteiger partial charge in [-0.1, -0.05) is 13.0 Å². The monoisotopic (exact) mass is 568 g/mol. The van der Waals surface area contributed by atoms with Crippen LogP contribution in [-0.2, 0) is 6.54 Å².